The smallest absolute Gasteiger partial charge is 0.328 e. The van der Waals surface area contributed by atoms with Crippen LogP contribution < -0.4 is 5.43 Å². The molecule has 0 aliphatic heterocycles. The molecular weight excluding hydrogens is 218 g/mol. The van der Waals surface area contributed by atoms with E-state index in [1.165, 1.54) is 4.79 Å². The van der Waals surface area contributed by atoms with Gasteiger partial charge >= 0.3 is 5.97 Å². The molecule has 5 nitrogen and oxygen atoms in total. The molecule has 1 heterocycles. The van der Waals surface area contributed by atoms with E-state index in [-0.39, 0.29) is 0 Å². The van der Waals surface area contributed by atoms with Gasteiger partial charge in [-0.2, -0.15) is 9.89 Å². The second-order valence-electron chi connectivity index (χ2n) is 3.66. The Bertz CT molecular complexity index is 468. The summed E-state index contributed by atoms with van der Waals surface area (Å²) in [5, 5.41) is 13.1. The Labute approximate surface area is 98.7 Å². The molecule has 0 aliphatic rings. The standard InChI is InChI=1S/C12H13N3O2/c16-12(17)11(14-15-8-4-7-13-15)9-10-5-2-1-3-6-10/h1-8,11,14H,9H2,(H,16,17). The van der Waals surface area contributed by atoms with Crippen LogP contribution in [0.3, 0.4) is 0 Å². The molecular formula is C12H13N3O2. The number of benzene rings is 1. The molecule has 88 valence electrons. The predicted molar refractivity (Wildman–Crippen MR) is 63.2 cm³/mol. The Hall–Kier alpha value is -2.30. The number of nitrogens with one attached hydrogen (secondary N) is 1. The Balaban J connectivity index is 2.06. The maximum absolute atomic E-state index is 11.1. The average molecular weight is 231 g/mol. The van der Waals surface area contributed by atoms with E-state index in [2.05, 4.69) is 10.5 Å². The summed E-state index contributed by atoms with van der Waals surface area (Å²) in [5.74, 6) is -0.899. The lowest BCUT2D eigenvalue weighted by molar-refractivity contribution is -0.138. The minimum atomic E-state index is -0.899. The topological polar surface area (TPSA) is 67.2 Å². The predicted octanol–water partition coefficient (Wildman–Crippen LogP) is 1.12. The van der Waals surface area contributed by atoms with Gasteiger partial charge in [0.05, 0.1) is 6.20 Å². The molecule has 0 aliphatic carbocycles. The van der Waals surface area contributed by atoms with Gasteiger partial charge in [-0.05, 0) is 11.6 Å². The number of carbonyl (C=O) groups is 1. The van der Waals surface area contributed by atoms with Gasteiger partial charge in [0.1, 0.15) is 6.04 Å². The maximum Gasteiger partial charge on any atom is 0.328 e. The first-order chi connectivity index (χ1) is 8.25. The highest BCUT2D eigenvalue weighted by Gasteiger charge is 2.17. The van der Waals surface area contributed by atoms with Gasteiger partial charge in [0, 0.05) is 12.6 Å². The van der Waals surface area contributed by atoms with Crippen LogP contribution in [0.2, 0.25) is 0 Å². The van der Waals surface area contributed by atoms with Crippen molar-refractivity contribution in [1.82, 2.24) is 9.89 Å². The Kier molecular flexibility index (Phi) is 3.40. The van der Waals surface area contributed by atoms with E-state index in [1.807, 2.05) is 30.3 Å². The molecule has 0 saturated heterocycles. The zero-order valence-corrected chi connectivity index (χ0v) is 9.15. The van der Waals surface area contributed by atoms with Crippen molar-refractivity contribution in [1.29, 1.82) is 0 Å². The minimum Gasteiger partial charge on any atom is -0.480 e. The van der Waals surface area contributed by atoms with Gasteiger partial charge in [0.25, 0.3) is 0 Å². The average Bonchev–Trinajstić information content (AvgIpc) is 2.82. The van der Waals surface area contributed by atoms with Crippen LogP contribution >= 0.6 is 0 Å². The zero-order valence-electron chi connectivity index (χ0n) is 9.15. The highest BCUT2D eigenvalue weighted by atomic mass is 16.4. The molecule has 0 saturated carbocycles. The summed E-state index contributed by atoms with van der Waals surface area (Å²) < 4.78 is 0. The second-order valence-corrected chi connectivity index (χ2v) is 3.66. The van der Waals surface area contributed by atoms with Crippen molar-refractivity contribution >= 4 is 5.97 Å². The number of aromatic nitrogens is 2. The normalized spacial score (nSPS) is 12.0. The number of carboxylic acids is 1. The molecule has 0 amide bonds. The van der Waals surface area contributed by atoms with Crippen LogP contribution in [0.1, 0.15) is 5.56 Å². The molecule has 1 aromatic heterocycles. The lowest BCUT2D eigenvalue weighted by atomic mass is 10.1. The highest BCUT2D eigenvalue weighted by molar-refractivity contribution is 5.75. The summed E-state index contributed by atoms with van der Waals surface area (Å²) in [6, 6.07) is 10.5. The summed E-state index contributed by atoms with van der Waals surface area (Å²) in [7, 11) is 0. The van der Waals surface area contributed by atoms with Crippen LogP contribution in [0.5, 0.6) is 0 Å². The zero-order chi connectivity index (χ0) is 12.1. The number of carboxylic acid groups (broad SMARTS) is 1. The molecule has 2 rings (SSSR count). The van der Waals surface area contributed by atoms with Crippen LogP contribution in [0.15, 0.2) is 48.8 Å². The van der Waals surface area contributed by atoms with Crippen LogP contribution in [0.25, 0.3) is 0 Å². The fourth-order valence-corrected chi connectivity index (χ4v) is 1.54. The lowest BCUT2D eigenvalue weighted by Gasteiger charge is -2.15. The van der Waals surface area contributed by atoms with E-state index in [1.54, 1.807) is 18.5 Å². The van der Waals surface area contributed by atoms with E-state index < -0.39 is 12.0 Å². The Morgan fingerprint density at radius 2 is 2.12 bits per heavy atom. The monoisotopic (exact) mass is 231 g/mol. The van der Waals surface area contributed by atoms with Crippen LogP contribution in [-0.4, -0.2) is 27.0 Å². The SMILES string of the molecule is O=C(O)C(Cc1ccccc1)Nn1cccn1. The third kappa shape index (κ3) is 3.07. The van der Waals surface area contributed by atoms with Crippen molar-refractivity contribution in [2.75, 3.05) is 5.43 Å². The summed E-state index contributed by atoms with van der Waals surface area (Å²) in [6.07, 6.45) is 3.67. The lowest BCUT2D eigenvalue weighted by Crippen LogP contribution is -2.37. The van der Waals surface area contributed by atoms with Gasteiger partial charge in [-0.1, -0.05) is 30.3 Å². The van der Waals surface area contributed by atoms with Crippen molar-refractivity contribution < 1.29 is 9.90 Å². The second kappa shape index (κ2) is 5.16. The first-order valence-corrected chi connectivity index (χ1v) is 5.28. The number of hydrogen-bond donors (Lipinski definition) is 2. The van der Waals surface area contributed by atoms with Gasteiger partial charge in [-0.25, -0.2) is 4.79 Å². The van der Waals surface area contributed by atoms with Crippen molar-refractivity contribution in [3.05, 3.63) is 54.4 Å². The molecule has 0 spiro atoms. The number of nitrogens with zero attached hydrogens (tertiary/aromatic N) is 2. The van der Waals surface area contributed by atoms with Crippen LogP contribution in [0.4, 0.5) is 0 Å². The van der Waals surface area contributed by atoms with Gasteiger partial charge < -0.3 is 5.11 Å². The van der Waals surface area contributed by atoms with E-state index >= 15 is 0 Å². The Morgan fingerprint density at radius 3 is 2.71 bits per heavy atom. The molecule has 2 N–H and O–H groups in total. The molecule has 2 aromatic rings. The molecule has 1 unspecified atom stereocenters. The van der Waals surface area contributed by atoms with Gasteiger partial charge in [0.15, 0.2) is 0 Å². The number of aliphatic carboxylic acids is 1. The van der Waals surface area contributed by atoms with Crippen molar-refractivity contribution in [3.63, 3.8) is 0 Å². The van der Waals surface area contributed by atoms with Crippen molar-refractivity contribution in [2.24, 2.45) is 0 Å². The van der Waals surface area contributed by atoms with Crippen LogP contribution in [0, 0.1) is 0 Å². The quantitative estimate of drug-likeness (QED) is 0.809. The highest BCUT2D eigenvalue weighted by Crippen LogP contribution is 2.04. The van der Waals surface area contributed by atoms with Gasteiger partial charge in [-0.15, -0.1) is 0 Å². The van der Waals surface area contributed by atoms with E-state index in [0.717, 1.165) is 5.56 Å². The van der Waals surface area contributed by atoms with Crippen molar-refractivity contribution in [2.45, 2.75) is 12.5 Å². The molecule has 0 bridgehead atoms. The Morgan fingerprint density at radius 1 is 1.35 bits per heavy atom. The summed E-state index contributed by atoms with van der Waals surface area (Å²) in [4.78, 5) is 12.5. The molecule has 17 heavy (non-hydrogen) atoms. The third-order valence-corrected chi connectivity index (χ3v) is 2.37. The summed E-state index contributed by atoms with van der Waals surface area (Å²) >= 11 is 0. The maximum atomic E-state index is 11.1. The number of hydrogen-bond acceptors (Lipinski definition) is 3. The number of rotatable bonds is 5. The molecule has 0 radical (unpaired) electrons. The third-order valence-electron chi connectivity index (χ3n) is 2.37. The summed E-state index contributed by atoms with van der Waals surface area (Å²) in [6.45, 7) is 0. The van der Waals surface area contributed by atoms with E-state index in [0.29, 0.717) is 6.42 Å². The van der Waals surface area contributed by atoms with E-state index in [9.17, 15) is 4.79 Å². The van der Waals surface area contributed by atoms with Crippen molar-refractivity contribution in [3.8, 4) is 0 Å². The largest absolute Gasteiger partial charge is 0.480 e. The van der Waals surface area contributed by atoms with E-state index in [4.69, 9.17) is 5.11 Å². The molecule has 5 heteroatoms. The van der Waals surface area contributed by atoms with Crippen LogP contribution in [-0.2, 0) is 11.2 Å². The van der Waals surface area contributed by atoms with Gasteiger partial charge in [-0.3, -0.25) is 5.43 Å². The minimum absolute atomic E-state index is 0.413. The summed E-state index contributed by atoms with van der Waals surface area (Å²) in [5.41, 5.74) is 3.78. The fraction of sp³-hybridized carbons (Fsp3) is 0.167. The fourth-order valence-electron chi connectivity index (χ4n) is 1.54. The first kappa shape index (κ1) is 11.2. The van der Waals surface area contributed by atoms with Gasteiger partial charge in [0.2, 0.25) is 0 Å². The molecule has 1 aromatic carbocycles. The first-order valence-electron chi connectivity index (χ1n) is 5.28. The molecule has 0 fully saturated rings. The molecule has 1 atom stereocenters.